The maximum Gasteiger partial charge on any atom is 0.254 e. The summed E-state index contributed by atoms with van der Waals surface area (Å²) < 4.78 is 13.3. The summed E-state index contributed by atoms with van der Waals surface area (Å²) >= 11 is 0. The summed E-state index contributed by atoms with van der Waals surface area (Å²) in [6.45, 7) is 2.90. The topological polar surface area (TPSA) is 46.3 Å². The van der Waals surface area contributed by atoms with Gasteiger partial charge in [0, 0.05) is 24.7 Å². The lowest BCUT2D eigenvalue weighted by Gasteiger charge is -2.15. The van der Waals surface area contributed by atoms with E-state index in [0.29, 0.717) is 24.2 Å². The van der Waals surface area contributed by atoms with Crippen LogP contribution in [0.1, 0.15) is 22.3 Å². The highest BCUT2D eigenvalue weighted by Crippen LogP contribution is 2.15. The van der Waals surface area contributed by atoms with Crippen molar-refractivity contribution in [2.45, 2.75) is 19.4 Å². The molecule has 2 N–H and O–H groups in total. The monoisotopic (exact) mass is 258 g/mol. The van der Waals surface area contributed by atoms with Crippen molar-refractivity contribution < 1.29 is 9.18 Å². The summed E-state index contributed by atoms with van der Waals surface area (Å²) in [6.07, 6.45) is 0.820. The average Bonchev–Trinajstić information content (AvgIpc) is 2.68. The Labute approximate surface area is 106 Å². The predicted octanol–water partition coefficient (Wildman–Crippen LogP) is 1.73. The highest BCUT2D eigenvalue weighted by molar-refractivity contribution is 5.94. The molecule has 17 heavy (non-hydrogen) atoms. The minimum atomic E-state index is -0.339. The van der Waals surface area contributed by atoms with Crippen LogP contribution in [-0.4, -0.2) is 29.9 Å². The van der Waals surface area contributed by atoms with Crippen molar-refractivity contribution in [1.82, 2.24) is 4.90 Å². The average molecular weight is 259 g/mol. The fourth-order valence-electron chi connectivity index (χ4n) is 1.88. The first-order valence-electron chi connectivity index (χ1n) is 5.39. The van der Waals surface area contributed by atoms with E-state index >= 15 is 0 Å². The first-order valence-corrected chi connectivity index (χ1v) is 5.39. The van der Waals surface area contributed by atoms with E-state index in [4.69, 9.17) is 5.73 Å². The van der Waals surface area contributed by atoms with Gasteiger partial charge < -0.3 is 10.6 Å². The zero-order valence-electron chi connectivity index (χ0n) is 9.65. The van der Waals surface area contributed by atoms with Crippen molar-refractivity contribution in [3.8, 4) is 0 Å². The molecule has 1 fully saturated rings. The van der Waals surface area contributed by atoms with Crippen molar-refractivity contribution in [2.24, 2.45) is 5.73 Å². The second kappa shape index (κ2) is 5.47. The van der Waals surface area contributed by atoms with E-state index in [0.717, 1.165) is 6.42 Å². The number of likely N-dealkylation sites (tertiary alicyclic amines) is 1. The molecule has 1 atom stereocenters. The SMILES string of the molecule is Cc1ccc(C(=O)N2CC[C@H](N)C2)cc1F.Cl. The number of hydrogen-bond donors (Lipinski definition) is 1. The third kappa shape index (κ3) is 2.96. The second-order valence-electron chi connectivity index (χ2n) is 4.26. The molecule has 1 saturated heterocycles. The van der Waals surface area contributed by atoms with Crippen LogP contribution in [0.5, 0.6) is 0 Å². The quantitative estimate of drug-likeness (QED) is 0.834. The Morgan fingerprint density at radius 3 is 2.76 bits per heavy atom. The highest BCUT2D eigenvalue weighted by Gasteiger charge is 2.24. The van der Waals surface area contributed by atoms with E-state index in [2.05, 4.69) is 0 Å². The number of rotatable bonds is 1. The molecule has 1 aromatic carbocycles. The number of amides is 1. The lowest BCUT2D eigenvalue weighted by molar-refractivity contribution is 0.0790. The van der Waals surface area contributed by atoms with Gasteiger partial charge in [-0.25, -0.2) is 4.39 Å². The van der Waals surface area contributed by atoms with Crippen LogP contribution in [0, 0.1) is 12.7 Å². The molecule has 0 aromatic heterocycles. The van der Waals surface area contributed by atoms with Crippen LogP contribution in [0.15, 0.2) is 18.2 Å². The first kappa shape index (κ1) is 13.9. The summed E-state index contributed by atoms with van der Waals surface area (Å²) in [5, 5.41) is 0. The van der Waals surface area contributed by atoms with Crippen LogP contribution in [0.25, 0.3) is 0 Å². The molecule has 0 saturated carbocycles. The molecule has 5 heteroatoms. The van der Waals surface area contributed by atoms with Crippen molar-refractivity contribution in [2.75, 3.05) is 13.1 Å². The third-order valence-corrected chi connectivity index (χ3v) is 2.93. The van der Waals surface area contributed by atoms with Gasteiger partial charge in [-0.15, -0.1) is 12.4 Å². The molecule has 1 aliphatic rings. The number of carbonyl (C=O) groups excluding carboxylic acids is 1. The molecule has 3 nitrogen and oxygen atoms in total. The molecule has 0 spiro atoms. The second-order valence-corrected chi connectivity index (χ2v) is 4.26. The number of hydrogen-bond acceptors (Lipinski definition) is 2. The molecular weight excluding hydrogens is 243 g/mol. The van der Waals surface area contributed by atoms with Crippen molar-refractivity contribution in [3.05, 3.63) is 35.1 Å². The molecule has 1 aromatic rings. The van der Waals surface area contributed by atoms with Gasteiger partial charge >= 0.3 is 0 Å². The lowest BCUT2D eigenvalue weighted by atomic mass is 10.1. The van der Waals surface area contributed by atoms with Gasteiger partial charge in [0.25, 0.3) is 5.91 Å². The zero-order valence-corrected chi connectivity index (χ0v) is 10.5. The zero-order chi connectivity index (χ0) is 11.7. The van der Waals surface area contributed by atoms with E-state index in [1.54, 1.807) is 24.0 Å². The van der Waals surface area contributed by atoms with E-state index in [9.17, 15) is 9.18 Å². The Balaban J connectivity index is 0.00000144. The minimum Gasteiger partial charge on any atom is -0.337 e. The Morgan fingerprint density at radius 1 is 1.53 bits per heavy atom. The molecule has 1 heterocycles. The number of halogens is 2. The Bertz CT molecular complexity index is 425. The van der Waals surface area contributed by atoms with Gasteiger partial charge in [-0.1, -0.05) is 6.07 Å². The number of nitrogens with two attached hydrogens (primary N) is 1. The maximum absolute atomic E-state index is 13.3. The Hall–Kier alpha value is -1.13. The smallest absolute Gasteiger partial charge is 0.254 e. The molecule has 1 aliphatic heterocycles. The van der Waals surface area contributed by atoms with E-state index < -0.39 is 0 Å². The summed E-state index contributed by atoms with van der Waals surface area (Å²) in [5.41, 5.74) is 6.68. The maximum atomic E-state index is 13.3. The number of carbonyl (C=O) groups is 1. The van der Waals surface area contributed by atoms with Crippen LogP contribution in [0.4, 0.5) is 4.39 Å². The van der Waals surface area contributed by atoms with Crippen molar-refractivity contribution >= 4 is 18.3 Å². The van der Waals surface area contributed by atoms with Crippen LogP contribution >= 0.6 is 12.4 Å². The first-order chi connectivity index (χ1) is 7.58. The fraction of sp³-hybridized carbons (Fsp3) is 0.417. The van der Waals surface area contributed by atoms with Crippen LogP contribution in [0.2, 0.25) is 0 Å². The summed E-state index contributed by atoms with van der Waals surface area (Å²) in [6, 6.07) is 4.63. The van der Waals surface area contributed by atoms with Gasteiger partial charge in [0.05, 0.1) is 0 Å². The van der Waals surface area contributed by atoms with E-state index in [1.165, 1.54) is 6.07 Å². The van der Waals surface area contributed by atoms with Crippen LogP contribution in [-0.2, 0) is 0 Å². The standard InChI is InChI=1S/C12H15FN2O.ClH/c1-8-2-3-9(6-11(8)13)12(16)15-5-4-10(14)7-15;/h2-3,6,10H,4-5,7,14H2,1H3;1H/t10-;/m0./s1. The normalized spacial score (nSPS) is 19.0. The molecular formula is C12H16ClFN2O. The van der Waals surface area contributed by atoms with Gasteiger partial charge in [0.1, 0.15) is 5.82 Å². The van der Waals surface area contributed by atoms with Gasteiger partial charge in [-0.3, -0.25) is 4.79 Å². The number of aryl methyl sites for hydroxylation is 1. The molecule has 2 rings (SSSR count). The van der Waals surface area contributed by atoms with Gasteiger partial charge in [0.2, 0.25) is 0 Å². The predicted molar refractivity (Wildman–Crippen MR) is 66.9 cm³/mol. The largest absolute Gasteiger partial charge is 0.337 e. The Morgan fingerprint density at radius 2 is 2.24 bits per heavy atom. The fourth-order valence-corrected chi connectivity index (χ4v) is 1.88. The third-order valence-electron chi connectivity index (χ3n) is 2.93. The molecule has 94 valence electrons. The highest BCUT2D eigenvalue weighted by atomic mass is 35.5. The molecule has 1 amide bonds. The molecule has 0 bridgehead atoms. The van der Waals surface area contributed by atoms with Gasteiger partial charge in [0.15, 0.2) is 0 Å². The van der Waals surface area contributed by atoms with E-state index in [1.807, 2.05) is 0 Å². The summed E-state index contributed by atoms with van der Waals surface area (Å²) in [7, 11) is 0. The minimum absolute atomic E-state index is 0. The number of benzene rings is 1. The van der Waals surface area contributed by atoms with Crippen molar-refractivity contribution in [3.63, 3.8) is 0 Å². The number of nitrogens with zero attached hydrogens (tertiary/aromatic N) is 1. The summed E-state index contributed by atoms with van der Waals surface area (Å²) in [4.78, 5) is 13.6. The summed E-state index contributed by atoms with van der Waals surface area (Å²) in [5.74, 6) is -0.471. The van der Waals surface area contributed by atoms with Crippen molar-refractivity contribution in [1.29, 1.82) is 0 Å². The molecule has 0 aliphatic carbocycles. The Kier molecular flexibility index (Phi) is 4.48. The van der Waals surface area contributed by atoms with Crippen LogP contribution < -0.4 is 5.73 Å². The van der Waals surface area contributed by atoms with Crippen LogP contribution in [0.3, 0.4) is 0 Å². The van der Waals surface area contributed by atoms with E-state index in [-0.39, 0.29) is 30.2 Å². The molecule has 0 unspecified atom stereocenters. The van der Waals surface area contributed by atoms with Gasteiger partial charge in [-0.05, 0) is 31.0 Å². The molecule has 0 radical (unpaired) electrons. The lowest BCUT2D eigenvalue weighted by Crippen LogP contribution is -2.31. The van der Waals surface area contributed by atoms with Gasteiger partial charge in [-0.2, -0.15) is 0 Å².